The van der Waals surface area contributed by atoms with Gasteiger partial charge in [0.1, 0.15) is 4.83 Å². The van der Waals surface area contributed by atoms with E-state index in [-0.39, 0.29) is 12.1 Å². The van der Waals surface area contributed by atoms with E-state index in [0.29, 0.717) is 5.69 Å². The summed E-state index contributed by atoms with van der Waals surface area (Å²) in [5, 5.41) is 2.75. The second-order valence-corrected chi connectivity index (χ2v) is 5.00. The Morgan fingerprint density at radius 2 is 2.11 bits per heavy atom. The van der Waals surface area contributed by atoms with Gasteiger partial charge in [-0.1, -0.05) is 22.0 Å². The molecule has 0 aliphatic carbocycles. The van der Waals surface area contributed by atoms with Crippen molar-refractivity contribution in [1.82, 2.24) is 0 Å². The zero-order valence-electron chi connectivity index (χ0n) is 10.3. The van der Waals surface area contributed by atoms with Gasteiger partial charge in [0, 0.05) is 12.2 Å². The molecule has 1 aromatic rings. The molecule has 0 heterocycles. The minimum Gasteiger partial charge on any atom is -0.468 e. The van der Waals surface area contributed by atoms with Crippen molar-refractivity contribution < 1.29 is 22.7 Å². The number of rotatable bonds is 4. The average Bonchev–Trinajstić information content (AvgIpc) is 2.35. The zero-order chi connectivity index (χ0) is 14.6. The summed E-state index contributed by atoms with van der Waals surface area (Å²) >= 11 is 3.07. The van der Waals surface area contributed by atoms with E-state index in [4.69, 9.17) is 0 Å². The predicted molar refractivity (Wildman–Crippen MR) is 69.4 cm³/mol. The fourth-order valence-electron chi connectivity index (χ4n) is 1.46. The van der Waals surface area contributed by atoms with Gasteiger partial charge in [0.15, 0.2) is 0 Å². The molecule has 1 aromatic carbocycles. The molecule has 0 aliphatic heterocycles. The van der Waals surface area contributed by atoms with Crippen LogP contribution in [-0.4, -0.2) is 24.5 Å². The molecule has 7 heteroatoms. The van der Waals surface area contributed by atoms with Crippen LogP contribution in [-0.2, 0) is 15.7 Å². The van der Waals surface area contributed by atoms with E-state index < -0.39 is 22.5 Å². The van der Waals surface area contributed by atoms with E-state index in [9.17, 15) is 18.0 Å². The Morgan fingerprint density at radius 1 is 1.47 bits per heavy atom. The van der Waals surface area contributed by atoms with Crippen molar-refractivity contribution in [3.8, 4) is 0 Å². The highest BCUT2D eigenvalue weighted by Crippen LogP contribution is 2.33. The number of methoxy groups -OCH3 is 1. The summed E-state index contributed by atoms with van der Waals surface area (Å²) in [4.78, 5) is 10.5. The molecule has 0 radical (unpaired) electrons. The largest absolute Gasteiger partial charge is 0.468 e. The lowest BCUT2D eigenvalue weighted by Crippen LogP contribution is -2.24. The monoisotopic (exact) mass is 339 g/mol. The van der Waals surface area contributed by atoms with Gasteiger partial charge in [-0.3, -0.25) is 4.79 Å². The van der Waals surface area contributed by atoms with Gasteiger partial charge in [-0.25, -0.2) is 0 Å². The van der Waals surface area contributed by atoms with Crippen LogP contribution in [0.15, 0.2) is 18.2 Å². The second-order valence-electron chi connectivity index (χ2n) is 3.90. The molecule has 0 saturated heterocycles. The first-order valence-electron chi connectivity index (χ1n) is 5.39. The van der Waals surface area contributed by atoms with Gasteiger partial charge in [0.05, 0.1) is 12.7 Å². The number of carbonyl (C=O) groups excluding carboxylic acids is 1. The van der Waals surface area contributed by atoms with Crippen LogP contribution in [0.4, 0.5) is 18.9 Å². The Bertz CT molecular complexity index is 463. The van der Waals surface area contributed by atoms with E-state index in [1.54, 1.807) is 0 Å². The lowest BCUT2D eigenvalue weighted by Gasteiger charge is -2.14. The fraction of sp³-hybridized carbons (Fsp3) is 0.417. The first-order valence-corrected chi connectivity index (χ1v) is 6.31. The molecule has 3 nitrogen and oxygen atoms in total. The Hall–Kier alpha value is -1.24. The van der Waals surface area contributed by atoms with E-state index in [0.717, 1.165) is 6.07 Å². The van der Waals surface area contributed by atoms with Crippen LogP contribution in [0.3, 0.4) is 0 Å². The molecule has 0 spiro atoms. The van der Waals surface area contributed by atoms with Crippen LogP contribution < -0.4 is 5.32 Å². The summed E-state index contributed by atoms with van der Waals surface area (Å²) in [6, 6.07) is 3.93. The molecule has 1 rings (SSSR count). The standard InChI is InChI=1S/C12H13BrF3NO2/c1-7-3-4-8(5-9(7)12(14,15)16)17-6-10(13)11(18)19-2/h3-5,10,17H,6H2,1-2H3. The smallest absolute Gasteiger partial charge is 0.416 e. The van der Waals surface area contributed by atoms with Gasteiger partial charge in [-0.2, -0.15) is 13.2 Å². The summed E-state index contributed by atoms with van der Waals surface area (Å²) in [5.74, 6) is -0.490. The van der Waals surface area contributed by atoms with Gasteiger partial charge in [-0.15, -0.1) is 0 Å². The molecule has 0 saturated carbocycles. The number of hydrogen-bond acceptors (Lipinski definition) is 3. The third kappa shape index (κ3) is 4.41. The minimum absolute atomic E-state index is 0.132. The Labute approximate surface area is 117 Å². The van der Waals surface area contributed by atoms with Gasteiger partial charge < -0.3 is 10.1 Å². The van der Waals surface area contributed by atoms with Crippen LogP contribution in [0.25, 0.3) is 0 Å². The second kappa shape index (κ2) is 6.27. The molecule has 1 unspecified atom stereocenters. The molecule has 0 aromatic heterocycles. The van der Waals surface area contributed by atoms with Crippen LogP contribution in [0.2, 0.25) is 0 Å². The van der Waals surface area contributed by atoms with Gasteiger partial charge in [-0.05, 0) is 24.6 Å². The molecule has 0 fully saturated rings. The number of esters is 1. The third-order valence-electron chi connectivity index (χ3n) is 2.49. The van der Waals surface area contributed by atoms with E-state index in [1.165, 1.54) is 26.2 Å². The normalized spacial score (nSPS) is 12.9. The van der Waals surface area contributed by atoms with Gasteiger partial charge >= 0.3 is 12.1 Å². The Kier molecular flexibility index (Phi) is 5.22. The topological polar surface area (TPSA) is 38.3 Å². The number of halogens is 4. The van der Waals surface area contributed by atoms with Crippen LogP contribution in [0.1, 0.15) is 11.1 Å². The minimum atomic E-state index is -4.39. The Morgan fingerprint density at radius 3 is 2.63 bits per heavy atom. The number of anilines is 1. The van der Waals surface area contributed by atoms with Gasteiger partial charge in [0.2, 0.25) is 0 Å². The van der Waals surface area contributed by atoms with Crippen molar-refractivity contribution >= 4 is 27.6 Å². The highest BCUT2D eigenvalue weighted by molar-refractivity contribution is 9.10. The molecule has 0 amide bonds. The highest BCUT2D eigenvalue weighted by Gasteiger charge is 2.32. The molecule has 0 aliphatic rings. The summed E-state index contributed by atoms with van der Waals surface area (Å²) in [6.45, 7) is 1.53. The van der Waals surface area contributed by atoms with E-state index in [1.807, 2.05) is 0 Å². The van der Waals surface area contributed by atoms with Crippen molar-refractivity contribution in [1.29, 1.82) is 0 Å². The van der Waals surface area contributed by atoms with Crippen molar-refractivity contribution in [2.24, 2.45) is 0 Å². The lowest BCUT2D eigenvalue weighted by molar-refractivity contribution is -0.140. The molecule has 106 valence electrons. The van der Waals surface area contributed by atoms with Crippen LogP contribution in [0, 0.1) is 6.92 Å². The maximum Gasteiger partial charge on any atom is 0.416 e. The zero-order valence-corrected chi connectivity index (χ0v) is 11.9. The number of benzene rings is 1. The van der Waals surface area contributed by atoms with Crippen molar-refractivity contribution in [3.63, 3.8) is 0 Å². The number of aryl methyl sites for hydroxylation is 1. The van der Waals surface area contributed by atoms with Crippen molar-refractivity contribution in [2.75, 3.05) is 19.0 Å². The molecule has 1 atom stereocenters. The van der Waals surface area contributed by atoms with Crippen molar-refractivity contribution in [2.45, 2.75) is 17.9 Å². The summed E-state index contributed by atoms with van der Waals surface area (Å²) in [6.07, 6.45) is -4.39. The average molecular weight is 340 g/mol. The highest BCUT2D eigenvalue weighted by atomic mass is 79.9. The first-order chi connectivity index (χ1) is 8.75. The summed E-state index contributed by atoms with van der Waals surface area (Å²) in [5.41, 5.74) is -0.241. The van der Waals surface area contributed by atoms with Crippen LogP contribution in [0.5, 0.6) is 0 Å². The molecular weight excluding hydrogens is 327 g/mol. The Balaban J connectivity index is 2.78. The molecular formula is C12H13BrF3NO2. The number of alkyl halides is 4. The van der Waals surface area contributed by atoms with Crippen LogP contribution >= 0.6 is 15.9 Å². The third-order valence-corrected chi connectivity index (χ3v) is 3.18. The molecule has 1 N–H and O–H groups in total. The number of ether oxygens (including phenoxy) is 1. The first kappa shape index (κ1) is 15.8. The van der Waals surface area contributed by atoms with E-state index >= 15 is 0 Å². The predicted octanol–water partition coefficient (Wildman–Crippen LogP) is 3.36. The molecule has 19 heavy (non-hydrogen) atoms. The summed E-state index contributed by atoms with van der Waals surface area (Å²) in [7, 11) is 1.24. The maximum absolute atomic E-state index is 12.7. The number of nitrogens with one attached hydrogen (secondary N) is 1. The number of carbonyl (C=O) groups is 1. The lowest BCUT2D eigenvalue weighted by atomic mass is 10.1. The van der Waals surface area contributed by atoms with Crippen molar-refractivity contribution in [3.05, 3.63) is 29.3 Å². The molecule has 0 bridgehead atoms. The SMILES string of the molecule is COC(=O)C(Br)CNc1ccc(C)c(C(F)(F)F)c1. The fourth-order valence-corrected chi connectivity index (χ4v) is 1.80. The summed E-state index contributed by atoms with van der Waals surface area (Å²) < 4.78 is 42.6. The quantitative estimate of drug-likeness (QED) is 0.675. The van der Waals surface area contributed by atoms with Gasteiger partial charge in [0.25, 0.3) is 0 Å². The van der Waals surface area contributed by atoms with E-state index in [2.05, 4.69) is 26.0 Å². The number of hydrogen-bond donors (Lipinski definition) is 1. The maximum atomic E-state index is 12.7.